The molecule has 0 unspecified atom stereocenters. The average molecular weight is 432 g/mol. The summed E-state index contributed by atoms with van der Waals surface area (Å²) < 4.78 is 13.0. The third-order valence-corrected chi connectivity index (χ3v) is 6.76. The smallest absolute Gasteiger partial charge is 0.242 e. The molecule has 1 N–H and O–H groups in total. The van der Waals surface area contributed by atoms with E-state index >= 15 is 0 Å². The number of hydrogen-bond acceptors (Lipinski definition) is 3. The fraction of sp³-hybridized carbons (Fsp3) is 0.385. The third-order valence-electron chi connectivity index (χ3n) is 6.76. The van der Waals surface area contributed by atoms with Crippen molar-refractivity contribution in [3.63, 3.8) is 0 Å². The van der Waals surface area contributed by atoms with Gasteiger partial charge in [0.1, 0.15) is 5.82 Å². The van der Waals surface area contributed by atoms with E-state index in [-0.39, 0.29) is 48.8 Å². The molecule has 6 heteroatoms. The van der Waals surface area contributed by atoms with Crippen molar-refractivity contribution in [2.24, 2.45) is 5.92 Å². The molecule has 3 aliphatic rings. The van der Waals surface area contributed by atoms with E-state index < -0.39 is 0 Å². The molecule has 0 aromatic heterocycles. The molecule has 3 fully saturated rings. The molecule has 2 aromatic rings. The quantitative estimate of drug-likeness (QED) is 0.756. The summed E-state index contributed by atoms with van der Waals surface area (Å²) in [6, 6.07) is 13.5. The summed E-state index contributed by atoms with van der Waals surface area (Å²) in [4.78, 5) is 28.7. The maximum absolute atomic E-state index is 13.0. The number of carbonyl (C=O) groups is 2. The molecule has 2 aliphatic heterocycles. The van der Waals surface area contributed by atoms with Gasteiger partial charge in [0.05, 0.1) is 25.2 Å². The molecule has 2 saturated heterocycles. The lowest BCUT2D eigenvalue weighted by atomic mass is 9.73. The molecule has 5 nitrogen and oxygen atoms in total. The van der Waals surface area contributed by atoms with Gasteiger partial charge < -0.3 is 14.9 Å². The molecule has 2 amide bonds. The molecule has 0 bridgehead atoms. The molecule has 5 rings (SSSR count). The maximum atomic E-state index is 13.0. The number of hydrogen-bond donors (Lipinski definition) is 1. The van der Waals surface area contributed by atoms with Crippen molar-refractivity contribution in [2.75, 3.05) is 19.7 Å². The molecule has 2 aromatic carbocycles. The molecular formula is C26H25FN2O3. The molecule has 0 radical (unpaired) electrons. The highest BCUT2D eigenvalue weighted by atomic mass is 19.1. The second kappa shape index (κ2) is 8.40. The van der Waals surface area contributed by atoms with E-state index in [9.17, 15) is 19.1 Å². The van der Waals surface area contributed by atoms with Gasteiger partial charge in [-0.2, -0.15) is 0 Å². The minimum absolute atomic E-state index is 0.0143. The first-order valence-corrected chi connectivity index (χ1v) is 11.1. The van der Waals surface area contributed by atoms with Crippen LogP contribution < -0.4 is 0 Å². The molecule has 0 spiro atoms. The lowest BCUT2D eigenvalue weighted by molar-refractivity contribution is -0.167. The molecule has 164 valence electrons. The number of fused-ring (bicyclic) bond motifs is 1. The Morgan fingerprint density at radius 1 is 1.03 bits per heavy atom. The summed E-state index contributed by atoms with van der Waals surface area (Å²) in [6.07, 6.45) is 2.75. The average Bonchev–Trinajstić information content (AvgIpc) is 3.59. The monoisotopic (exact) mass is 432 g/mol. The maximum Gasteiger partial charge on any atom is 0.242 e. The van der Waals surface area contributed by atoms with Gasteiger partial charge in [-0.3, -0.25) is 9.59 Å². The van der Waals surface area contributed by atoms with Crippen molar-refractivity contribution in [1.82, 2.24) is 9.80 Å². The fourth-order valence-corrected chi connectivity index (χ4v) is 4.85. The number of halogens is 1. The van der Waals surface area contributed by atoms with E-state index in [4.69, 9.17) is 0 Å². The second-order valence-electron chi connectivity index (χ2n) is 8.94. The van der Waals surface area contributed by atoms with Crippen LogP contribution in [0.25, 0.3) is 0 Å². The highest BCUT2D eigenvalue weighted by Gasteiger charge is 2.54. The highest BCUT2D eigenvalue weighted by molar-refractivity contribution is 5.88. The first kappa shape index (κ1) is 20.7. The number of piperazine rings is 1. The van der Waals surface area contributed by atoms with Crippen molar-refractivity contribution in [3.05, 3.63) is 71.0 Å². The number of rotatable bonds is 4. The minimum atomic E-state index is -0.290. The van der Waals surface area contributed by atoms with Gasteiger partial charge in [0.2, 0.25) is 11.8 Å². The number of aliphatic hydroxyl groups excluding tert-OH is 1. The van der Waals surface area contributed by atoms with Gasteiger partial charge in [-0.05, 0) is 60.7 Å². The van der Waals surface area contributed by atoms with Crippen molar-refractivity contribution >= 4 is 11.8 Å². The van der Waals surface area contributed by atoms with Crippen LogP contribution in [0, 0.1) is 23.6 Å². The van der Waals surface area contributed by atoms with Crippen LogP contribution in [-0.4, -0.2) is 58.5 Å². The van der Waals surface area contributed by atoms with E-state index in [1.807, 2.05) is 24.3 Å². The molecule has 1 saturated carbocycles. The SMILES string of the molecule is O=C(CC1CC1)N1CC(=O)N2[C@H](C1)[C@H](c1ccc(C#Cc3ccc(F)cc3)cc1)[C@@H]2CO. The van der Waals surface area contributed by atoms with Gasteiger partial charge in [0, 0.05) is 30.0 Å². The zero-order chi connectivity index (χ0) is 22.2. The van der Waals surface area contributed by atoms with E-state index in [1.54, 1.807) is 21.9 Å². The van der Waals surface area contributed by atoms with Gasteiger partial charge in [-0.1, -0.05) is 24.0 Å². The summed E-state index contributed by atoms with van der Waals surface area (Å²) >= 11 is 0. The van der Waals surface area contributed by atoms with E-state index in [1.165, 1.54) is 12.1 Å². The van der Waals surface area contributed by atoms with E-state index in [0.717, 1.165) is 29.5 Å². The molecule has 3 atom stereocenters. The number of nitrogens with zero attached hydrogens (tertiary/aromatic N) is 2. The van der Waals surface area contributed by atoms with Crippen molar-refractivity contribution in [2.45, 2.75) is 37.3 Å². The second-order valence-corrected chi connectivity index (χ2v) is 8.94. The van der Waals surface area contributed by atoms with Crippen LogP contribution in [0.4, 0.5) is 4.39 Å². The predicted octanol–water partition coefficient (Wildman–Crippen LogP) is 2.52. The van der Waals surface area contributed by atoms with Gasteiger partial charge >= 0.3 is 0 Å². The first-order valence-electron chi connectivity index (χ1n) is 11.1. The Morgan fingerprint density at radius 3 is 2.25 bits per heavy atom. The topological polar surface area (TPSA) is 60.9 Å². The van der Waals surface area contributed by atoms with Crippen LogP contribution in [0.5, 0.6) is 0 Å². The van der Waals surface area contributed by atoms with Gasteiger partial charge in [0.25, 0.3) is 0 Å². The van der Waals surface area contributed by atoms with Gasteiger partial charge in [-0.25, -0.2) is 4.39 Å². The minimum Gasteiger partial charge on any atom is -0.394 e. The number of amides is 2. The summed E-state index contributed by atoms with van der Waals surface area (Å²) in [7, 11) is 0. The predicted molar refractivity (Wildman–Crippen MR) is 117 cm³/mol. The fourth-order valence-electron chi connectivity index (χ4n) is 4.85. The lowest BCUT2D eigenvalue weighted by Crippen LogP contribution is -2.73. The van der Waals surface area contributed by atoms with Crippen LogP contribution >= 0.6 is 0 Å². The largest absolute Gasteiger partial charge is 0.394 e. The normalized spacial score (nSPS) is 24.3. The number of benzene rings is 2. The van der Waals surface area contributed by atoms with Crippen LogP contribution in [0.2, 0.25) is 0 Å². The van der Waals surface area contributed by atoms with Crippen LogP contribution in [0.1, 0.15) is 41.9 Å². The van der Waals surface area contributed by atoms with E-state index in [0.29, 0.717) is 18.9 Å². The van der Waals surface area contributed by atoms with Crippen LogP contribution in [0.15, 0.2) is 48.5 Å². The Bertz CT molecular complexity index is 1080. The Kier molecular flexibility index (Phi) is 5.44. The van der Waals surface area contributed by atoms with E-state index in [2.05, 4.69) is 11.8 Å². The zero-order valence-corrected chi connectivity index (χ0v) is 17.7. The summed E-state index contributed by atoms with van der Waals surface area (Å²) in [5.41, 5.74) is 2.60. The van der Waals surface area contributed by atoms with Crippen molar-refractivity contribution < 1.29 is 19.1 Å². The number of carbonyl (C=O) groups excluding carboxylic acids is 2. The highest BCUT2D eigenvalue weighted by Crippen LogP contribution is 2.43. The molecule has 32 heavy (non-hydrogen) atoms. The van der Waals surface area contributed by atoms with Crippen LogP contribution in [-0.2, 0) is 9.59 Å². The Morgan fingerprint density at radius 2 is 1.66 bits per heavy atom. The first-order chi connectivity index (χ1) is 15.5. The molecule has 2 heterocycles. The Balaban J connectivity index is 1.31. The summed E-state index contributed by atoms with van der Waals surface area (Å²) in [5.74, 6) is 6.27. The third kappa shape index (κ3) is 4.01. The summed E-state index contributed by atoms with van der Waals surface area (Å²) in [6.45, 7) is 0.531. The molecular weight excluding hydrogens is 407 g/mol. The number of aliphatic hydroxyl groups is 1. The van der Waals surface area contributed by atoms with Crippen LogP contribution in [0.3, 0.4) is 0 Å². The van der Waals surface area contributed by atoms with Gasteiger partial charge in [0.15, 0.2) is 0 Å². The standard InChI is InChI=1S/C26H25FN2O3/c27-21-11-7-18(8-12-21)2-1-17-5-9-20(10-6-17)26-22-14-28(24(31)13-19-3-4-19)15-25(32)29(22)23(26)16-30/h5-12,19,22-23,26,30H,3-4,13-16H2/t22-,23+,26+/m1/s1. The zero-order valence-electron chi connectivity index (χ0n) is 17.7. The summed E-state index contributed by atoms with van der Waals surface area (Å²) in [5, 5.41) is 9.94. The lowest BCUT2D eigenvalue weighted by Gasteiger charge is -2.58. The molecule has 1 aliphatic carbocycles. The van der Waals surface area contributed by atoms with Crippen molar-refractivity contribution in [1.29, 1.82) is 0 Å². The Labute approximate surface area is 186 Å². The van der Waals surface area contributed by atoms with Crippen molar-refractivity contribution in [3.8, 4) is 11.8 Å². The Hall–Kier alpha value is -3.17. The van der Waals surface area contributed by atoms with Gasteiger partial charge in [-0.15, -0.1) is 0 Å².